The van der Waals surface area contributed by atoms with Crippen molar-refractivity contribution in [2.45, 2.75) is 37.9 Å². The molecule has 0 radical (unpaired) electrons. The van der Waals surface area contributed by atoms with E-state index in [0.29, 0.717) is 13.1 Å². The molecule has 5 heteroatoms. The third-order valence-electron chi connectivity index (χ3n) is 3.55. The summed E-state index contributed by atoms with van der Waals surface area (Å²) in [5.41, 5.74) is 5.36. The molecule has 94 valence electrons. The zero-order valence-corrected chi connectivity index (χ0v) is 10.9. The van der Waals surface area contributed by atoms with Crippen LogP contribution in [0.25, 0.3) is 0 Å². The van der Waals surface area contributed by atoms with Crippen molar-refractivity contribution in [3.05, 3.63) is 0 Å². The van der Waals surface area contributed by atoms with E-state index in [4.69, 9.17) is 5.73 Å². The normalized spacial score (nSPS) is 22.7. The van der Waals surface area contributed by atoms with Gasteiger partial charge in [-0.3, -0.25) is 9.00 Å². The Bertz CT molecular complexity index is 275. The zero-order chi connectivity index (χ0) is 12.2. The molecular weight excluding hydrogens is 224 g/mol. The summed E-state index contributed by atoms with van der Waals surface area (Å²) in [4.78, 5) is 12.0. The van der Waals surface area contributed by atoms with Gasteiger partial charge in [0.15, 0.2) is 0 Å². The molecule has 0 spiro atoms. The lowest BCUT2D eigenvalue weighted by Crippen LogP contribution is -2.46. The van der Waals surface area contributed by atoms with E-state index in [1.807, 2.05) is 6.92 Å². The first kappa shape index (κ1) is 13.6. The summed E-state index contributed by atoms with van der Waals surface area (Å²) in [5, 5.41) is 2.89. The minimum Gasteiger partial charge on any atom is -0.354 e. The van der Waals surface area contributed by atoms with Gasteiger partial charge in [-0.25, -0.2) is 0 Å². The minimum atomic E-state index is -0.890. The van der Waals surface area contributed by atoms with Crippen molar-refractivity contribution in [2.75, 3.05) is 19.3 Å². The molecule has 16 heavy (non-hydrogen) atoms. The quantitative estimate of drug-likeness (QED) is 0.737. The Morgan fingerprint density at radius 1 is 1.50 bits per heavy atom. The maximum Gasteiger partial charge on any atom is 0.227 e. The average molecular weight is 246 g/mol. The van der Waals surface area contributed by atoms with Gasteiger partial charge < -0.3 is 11.1 Å². The highest BCUT2D eigenvalue weighted by Gasteiger charge is 2.39. The number of carbonyl (C=O) groups is 1. The molecule has 0 heterocycles. The second kappa shape index (κ2) is 5.77. The third kappa shape index (κ3) is 3.04. The van der Waals surface area contributed by atoms with Gasteiger partial charge >= 0.3 is 0 Å². The highest BCUT2D eigenvalue weighted by Crippen LogP contribution is 2.37. The van der Waals surface area contributed by atoms with E-state index in [9.17, 15) is 9.00 Å². The van der Waals surface area contributed by atoms with Crippen molar-refractivity contribution in [3.63, 3.8) is 0 Å². The predicted octanol–water partition coefficient (Wildman–Crippen LogP) is 0.389. The maximum absolute atomic E-state index is 12.0. The zero-order valence-electron chi connectivity index (χ0n) is 10.1. The van der Waals surface area contributed by atoms with Crippen molar-refractivity contribution < 1.29 is 9.00 Å². The van der Waals surface area contributed by atoms with Crippen LogP contribution in [-0.4, -0.2) is 34.7 Å². The molecule has 2 unspecified atom stereocenters. The number of rotatable bonds is 5. The van der Waals surface area contributed by atoms with E-state index in [-0.39, 0.29) is 16.6 Å². The average Bonchev–Trinajstić information content (AvgIpc) is 2.74. The predicted molar refractivity (Wildman–Crippen MR) is 66.5 cm³/mol. The van der Waals surface area contributed by atoms with Crippen LogP contribution in [0.3, 0.4) is 0 Å². The first-order valence-corrected chi connectivity index (χ1v) is 7.44. The van der Waals surface area contributed by atoms with Gasteiger partial charge in [0.05, 0.1) is 5.41 Å². The lowest BCUT2D eigenvalue weighted by atomic mass is 9.85. The summed E-state index contributed by atoms with van der Waals surface area (Å²) < 4.78 is 11.2. The fraction of sp³-hybridized carbons (Fsp3) is 0.909. The van der Waals surface area contributed by atoms with Crippen molar-refractivity contribution in [2.24, 2.45) is 11.1 Å². The van der Waals surface area contributed by atoms with E-state index in [1.54, 1.807) is 6.26 Å². The smallest absolute Gasteiger partial charge is 0.227 e. The molecular formula is C11H22N2O2S. The van der Waals surface area contributed by atoms with Gasteiger partial charge in [0.1, 0.15) is 0 Å². The van der Waals surface area contributed by atoms with Crippen LogP contribution in [0.4, 0.5) is 0 Å². The van der Waals surface area contributed by atoms with Gasteiger partial charge in [-0.05, 0) is 19.8 Å². The number of amides is 1. The minimum absolute atomic E-state index is 0.000164. The van der Waals surface area contributed by atoms with E-state index < -0.39 is 10.8 Å². The van der Waals surface area contributed by atoms with Crippen LogP contribution in [0.2, 0.25) is 0 Å². The molecule has 0 aromatic carbocycles. The summed E-state index contributed by atoms with van der Waals surface area (Å²) in [6.07, 6.45) is 5.60. The van der Waals surface area contributed by atoms with Gasteiger partial charge in [0.2, 0.25) is 5.91 Å². The Morgan fingerprint density at radius 2 is 2.06 bits per heavy atom. The number of carbonyl (C=O) groups excluding carboxylic acids is 1. The molecule has 1 aliphatic carbocycles. The van der Waals surface area contributed by atoms with E-state index in [0.717, 1.165) is 25.7 Å². The fourth-order valence-corrected chi connectivity index (χ4v) is 2.43. The second-order valence-corrected chi connectivity index (χ2v) is 6.51. The number of nitrogens with two attached hydrogens (primary N) is 1. The molecule has 2 atom stereocenters. The van der Waals surface area contributed by atoms with Gasteiger partial charge in [0, 0.05) is 35.4 Å². The first-order valence-electron chi connectivity index (χ1n) is 5.82. The molecule has 1 fully saturated rings. The highest BCUT2D eigenvalue weighted by molar-refractivity contribution is 7.84. The SMILES string of the molecule is CC(CNC(=O)C1(CN)CCCC1)S(C)=O. The van der Waals surface area contributed by atoms with Crippen molar-refractivity contribution in [3.8, 4) is 0 Å². The lowest BCUT2D eigenvalue weighted by molar-refractivity contribution is -0.130. The number of hydrogen-bond donors (Lipinski definition) is 2. The van der Waals surface area contributed by atoms with E-state index in [2.05, 4.69) is 5.32 Å². The van der Waals surface area contributed by atoms with Crippen molar-refractivity contribution >= 4 is 16.7 Å². The van der Waals surface area contributed by atoms with E-state index in [1.165, 1.54) is 0 Å². The molecule has 0 aliphatic heterocycles. The second-order valence-electron chi connectivity index (χ2n) is 4.71. The Balaban J connectivity index is 2.48. The Labute approximate surface area is 99.8 Å². The van der Waals surface area contributed by atoms with E-state index >= 15 is 0 Å². The third-order valence-corrected chi connectivity index (χ3v) is 4.85. The monoisotopic (exact) mass is 246 g/mol. The molecule has 3 N–H and O–H groups in total. The molecule has 1 rings (SSSR count). The Kier molecular flexibility index (Phi) is 4.92. The maximum atomic E-state index is 12.0. The molecule has 0 bridgehead atoms. The number of hydrogen-bond acceptors (Lipinski definition) is 3. The van der Waals surface area contributed by atoms with Crippen LogP contribution in [-0.2, 0) is 15.6 Å². The molecule has 0 aromatic heterocycles. The lowest BCUT2D eigenvalue weighted by Gasteiger charge is -2.26. The van der Waals surface area contributed by atoms with Gasteiger partial charge in [-0.2, -0.15) is 0 Å². The first-order chi connectivity index (χ1) is 7.52. The molecule has 4 nitrogen and oxygen atoms in total. The van der Waals surface area contributed by atoms with Gasteiger partial charge in [-0.15, -0.1) is 0 Å². The highest BCUT2D eigenvalue weighted by atomic mass is 32.2. The Hall–Kier alpha value is -0.420. The molecule has 0 saturated heterocycles. The largest absolute Gasteiger partial charge is 0.354 e. The Morgan fingerprint density at radius 3 is 2.50 bits per heavy atom. The summed E-state index contributed by atoms with van der Waals surface area (Å²) in [5.74, 6) is 0.0461. The molecule has 0 aromatic rings. The van der Waals surface area contributed by atoms with Crippen molar-refractivity contribution in [1.82, 2.24) is 5.32 Å². The summed E-state index contributed by atoms with van der Waals surface area (Å²) >= 11 is 0. The summed E-state index contributed by atoms with van der Waals surface area (Å²) in [7, 11) is -0.890. The standard InChI is InChI=1S/C11H22N2O2S/c1-9(16(2)15)7-13-10(14)11(8-12)5-3-4-6-11/h9H,3-8,12H2,1-2H3,(H,13,14). The molecule has 1 aliphatic rings. The number of nitrogens with one attached hydrogen (secondary N) is 1. The van der Waals surface area contributed by atoms with Crippen LogP contribution >= 0.6 is 0 Å². The van der Waals surface area contributed by atoms with Crippen molar-refractivity contribution in [1.29, 1.82) is 0 Å². The summed E-state index contributed by atoms with van der Waals surface area (Å²) in [6, 6.07) is 0. The fourth-order valence-electron chi connectivity index (χ4n) is 2.12. The van der Waals surface area contributed by atoms with Crippen LogP contribution in [0.5, 0.6) is 0 Å². The van der Waals surface area contributed by atoms with Gasteiger partial charge in [-0.1, -0.05) is 12.8 Å². The van der Waals surface area contributed by atoms with Crippen LogP contribution in [0, 0.1) is 5.41 Å². The molecule has 1 saturated carbocycles. The molecule has 1 amide bonds. The van der Waals surface area contributed by atoms with Crippen LogP contribution in [0.1, 0.15) is 32.6 Å². The van der Waals surface area contributed by atoms with Crippen LogP contribution < -0.4 is 11.1 Å². The summed E-state index contributed by atoms with van der Waals surface area (Å²) in [6.45, 7) is 2.77. The topological polar surface area (TPSA) is 72.2 Å². The van der Waals surface area contributed by atoms with Gasteiger partial charge in [0.25, 0.3) is 0 Å². The van der Waals surface area contributed by atoms with Crippen LogP contribution in [0.15, 0.2) is 0 Å².